The molecule has 6 nitrogen and oxygen atoms in total. The third kappa shape index (κ3) is 4.12. The highest BCUT2D eigenvalue weighted by Gasteiger charge is 2.43. The van der Waals surface area contributed by atoms with Crippen LogP contribution in [0.2, 0.25) is 10.0 Å². The highest BCUT2D eigenvalue weighted by molar-refractivity contribution is 6.40. The Bertz CT molecular complexity index is 855. The predicted molar refractivity (Wildman–Crippen MR) is 96.2 cm³/mol. The molecular formula is C17H14Cl2FN3O3. The third-order valence-electron chi connectivity index (χ3n) is 3.83. The lowest BCUT2D eigenvalue weighted by Gasteiger charge is -2.11. The molecule has 0 spiro atoms. The van der Waals surface area contributed by atoms with Crippen LogP contribution < -0.4 is 10.6 Å². The maximum atomic E-state index is 12.9. The zero-order valence-corrected chi connectivity index (χ0v) is 14.8. The summed E-state index contributed by atoms with van der Waals surface area (Å²) >= 11 is 12.1. The summed E-state index contributed by atoms with van der Waals surface area (Å²) in [5, 5.41) is 14.4. The van der Waals surface area contributed by atoms with E-state index in [4.69, 9.17) is 28.3 Å². The van der Waals surface area contributed by atoms with Gasteiger partial charge in [-0.1, -0.05) is 23.2 Å². The predicted octanol–water partition coefficient (Wildman–Crippen LogP) is 3.43. The number of nitrogens with one attached hydrogen (secondary N) is 2. The van der Waals surface area contributed by atoms with Crippen molar-refractivity contribution in [2.24, 2.45) is 5.92 Å². The number of halogens is 3. The van der Waals surface area contributed by atoms with Gasteiger partial charge in [0, 0.05) is 18.0 Å². The van der Waals surface area contributed by atoms with Crippen LogP contribution in [0.5, 0.6) is 0 Å². The minimum absolute atomic E-state index is 0.0613. The first-order chi connectivity index (χ1) is 12.4. The number of hydrogen-bond donors (Lipinski definition) is 3. The summed E-state index contributed by atoms with van der Waals surface area (Å²) < 4.78 is 12.9. The molecule has 2 amide bonds. The number of rotatable bonds is 5. The van der Waals surface area contributed by atoms with Crippen molar-refractivity contribution >= 4 is 46.5 Å². The van der Waals surface area contributed by atoms with Gasteiger partial charge in [-0.05, 0) is 30.2 Å². The molecule has 1 aliphatic rings. The number of carbonyl (C=O) groups is 2. The summed E-state index contributed by atoms with van der Waals surface area (Å²) in [6.07, 6.45) is 0.496. The van der Waals surface area contributed by atoms with Gasteiger partial charge in [0.05, 0.1) is 28.1 Å². The standard InChI is InChI=1S/C17H14Cl2FN3O3/c18-11-3-8(7-24)4-12(19)15(11)17(26)22-9-1-2-21-14(5-9)23-16(25)10-6-13(10)20/h1-5,10,13,24H,6-7H2,(H2,21,22,23,25,26)/t10-,13+/m0/s1. The van der Waals surface area contributed by atoms with Gasteiger partial charge in [0.15, 0.2) is 0 Å². The number of amides is 2. The molecule has 1 aliphatic carbocycles. The highest BCUT2D eigenvalue weighted by Crippen LogP contribution is 2.34. The molecule has 0 saturated heterocycles. The summed E-state index contributed by atoms with van der Waals surface area (Å²) in [6, 6.07) is 5.86. The zero-order chi connectivity index (χ0) is 18.8. The summed E-state index contributed by atoms with van der Waals surface area (Å²) in [6.45, 7) is -0.254. The van der Waals surface area contributed by atoms with Crippen LogP contribution in [0.1, 0.15) is 22.3 Å². The average Bonchev–Trinajstić information content (AvgIpc) is 3.31. The number of pyridine rings is 1. The second-order valence-electron chi connectivity index (χ2n) is 5.82. The number of carbonyl (C=O) groups excluding carboxylic acids is 2. The van der Waals surface area contributed by atoms with Gasteiger partial charge in [-0.3, -0.25) is 9.59 Å². The fraction of sp³-hybridized carbons (Fsp3) is 0.235. The Morgan fingerprint density at radius 1 is 1.23 bits per heavy atom. The van der Waals surface area contributed by atoms with E-state index in [0.717, 1.165) is 0 Å². The highest BCUT2D eigenvalue weighted by atomic mass is 35.5. The molecule has 1 heterocycles. The van der Waals surface area contributed by atoms with Crippen molar-refractivity contribution in [2.45, 2.75) is 19.2 Å². The van der Waals surface area contributed by atoms with E-state index >= 15 is 0 Å². The molecule has 9 heteroatoms. The molecule has 0 bridgehead atoms. The van der Waals surface area contributed by atoms with E-state index in [-0.39, 0.29) is 34.5 Å². The second-order valence-corrected chi connectivity index (χ2v) is 6.64. The molecular weight excluding hydrogens is 384 g/mol. The van der Waals surface area contributed by atoms with Crippen LogP contribution in [-0.2, 0) is 11.4 Å². The molecule has 0 radical (unpaired) electrons. The van der Waals surface area contributed by atoms with Crippen molar-refractivity contribution in [2.75, 3.05) is 10.6 Å². The molecule has 136 valence electrons. The average molecular weight is 398 g/mol. The molecule has 1 aromatic heterocycles. The van der Waals surface area contributed by atoms with Crippen LogP contribution in [0.4, 0.5) is 15.9 Å². The number of anilines is 2. The van der Waals surface area contributed by atoms with Crippen molar-refractivity contribution in [1.29, 1.82) is 0 Å². The van der Waals surface area contributed by atoms with Gasteiger partial charge in [-0.25, -0.2) is 9.37 Å². The monoisotopic (exact) mass is 397 g/mol. The SMILES string of the molecule is O=C(Nc1ccnc(NC(=O)[C@H]2C[C@H]2F)c1)c1c(Cl)cc(CO)cc1Cl. The van der Waals surface area contributed by atoms with Crippen LogP contribution in [-0.4, -0.2) is 28.1 Å². The lowest BCUT2D eigenvalue weighted by Crippen LogP contribution is -2.17. The van der Waals surface area contributed by atoms with Crippen molar-refractivity contribution in [3.05, 3.63) is 51.6 Å². The third-order valence-corrected chi connectivity index (χ3v) is 4.43. The number of nitrogens with zero attached hydrogens (tertiary/aromatic N) is 1. The van der Waals surface area contributed by atoms with Gasteiger partial charge >= 0.3 is 0 Å². The van der Waals surface area contributed by atoms with Crippen LogP contribution in [0.25, 0.3) is 0 Å². The van der Waals surface area contributed by atoms with Crippen molar-refractivity contribution in [3.8, 4) is 0 Å². The van der Waals surface area contributed by atoms with E-state index in [0.29, 0.717) is 11.3 Å². The van der Waals surface area contributed by atoms with Gasteiger partial charge in [0.2, 0.25) is 5.91 Å². The molecule has 2 aromatic rings. The smallest absolute Gasteiger partial charge is 0.258 e. The molecule has 2 atom stereocenters. The van der Waals surface area contributed by atoms with Crippen molar-refractivity contribution in [3.63, 3.8) is 0 Å². The number of alkyl halides is 1. The van der Waals surface area contributed by atoms with E-state index in [1.165, 1.54) is 30.5 Å². The lowest BCUT2D eigenvalue weighted by atomic mass is 10.1. The Kier molecular flexibility index (Phi) is 5.41. The summed E-state index contributed by atoms with van der Waals surface area (Å²) in [7, 11) is 0. The largest absolute Gasteiger partial charge is 0.392 e. The maximum absolute atomic E-state index is 12.9. The van der Waals surface area contributed by atoms with Crippen LogP contribution in [0.3, 0.4) is 0 Å². The van der Waals surface area contributed by atoms with Crippen LogP contribution >= 0.6 is 23.2 Å². The number of aliphatic hydroxyl groups is 1. The Morgan fingerprint density at radius 3 is 2.46 bits per heavy atom. The van der Waals surface area contributed by atoms with Gasteiger partial charge in [0.1, 0.15) is 12.0 Å². The Morgan fingerprint density at radius 2 is 1.88 bits per heavy atom. The number of aromatic nitrogens is 1. The maximum Gasteiger partial charge on any atom is 0.258 e. The van der Waals surface area contributed by atoms with Crippen LogP contribution in [0, 0.1) is 5.92 Å². The lowest BCUT2D eigenvalue weighted by molar-refractivity contribution is -0.117. The van der Waals surface area contributed by atoms with Gasteiger partial charge < -0.3 is 15.7 Å². The number of hydrogen-bond acceptors (Lipinski definition) is 4. The van der Waals surface area contributed by atoms with E-state index in [2.05, 4.69) is 15.6 Å². The van der Waals surface area contributed by atoms with Gasteiger partial charge in [0.25, 0.3) is 5.91 Å². The fourth-order valence-electron chi connectivity index (χ4n) is 2.36. The summed E-state index contributed by atoms with van der Waals surface area (Å²) in [4.78, 5) is 28.2. The minimum Gasteiger partial charge on any atom is -0.392 e. The summed E-state index contributed by atoms with van der Waals surface area (Å²) in [5.41, 5.74) is 0.897. The first kappa shape index (κ1) is 18.6. The number of aliphatic hydroxyl groups excluding tert-OH is 1. The second kappa shape index (κ2) is 7.57. The van der Waals surface area contributed by atoms with Crippen LogP contribution in [0.15, 0.2) is 30.5 Å². The molecule has 26 heavy (non-hydrogen) atoms. The van der Waals surface area contributed by atoms with E-state index in [1.807, 2.05) is 0 Å². The molecule has 1 fully saturated rings. The minimum atomic E-state index is -1.11. The molecule has 1 saturated carbocycles. The number of benzene rings is 1. The first-order valence-electron chi connectivity index (χ1n) is 7.70. The Hall–Kier alpha value is -2.22. The molecule has 0 aliphatic heterocycles. The van der Waals surface area contributed by atoms with Crippen molar-refractivity contribution < 1.29 is 19.1 Å². The first-order valence-corrected chi connectivity index (χ1v) is 8.45. The summed E-state index contributed by atoms with van der Waals surface area (Å²) in [5.74, 6) is -1.45. The van der Waals surface area contributed by atoms with E-state index in [1.54, 1.807) is 0 Å². The molecule has 1 aromatic carbocycles. The van der Waals surface area contributed by atoms with Crippen molar-refractivity contribution in [1.82, 2.24) is 4.98 Å². The van der Waals surface area contributed by atoms with Gasteiger partial charge in [-0.15, -0.1) is 0 Å². The normalized spacial score (nSPS) is 18.3. The topological polar surface area (TPSA) is 91.3 Å². The van der Waals surface area contributed by atoms with E-state index in [9.17, 15) is 14.0 Å². The van der Waals surface area contributed by atoms with E-state index < -0.39 is 23.9 Å². The zero-order valence-electron chi connectivity index (χ0n) is 13.3. The van der Waals surface area contributed by atoms with Gasteiger partial charge in [-0.2, -0.15) is 0 Å². The molecule has 3 N–H and O–H groups in total. The molecule has 0 unspecified atom stereocenters. The quantitative estimate of drug-likeness (QED) is 0.720. The fourth-order valence-corrected chi connectivity index (χ4v) is 3.06. The molecule has 3 rings (SSSR count). The Balaban J connectivity index is 1.74. The Labute approximate surface area is 158 Å².